The van der Waals surface area contributed by atoms with E-state index in [0.29, 0.717) is 34.6 Å². The minimum absolute atomic E-state index is 0.0113. The third-order valence-corrected chi connectivity index (χ3v) is 6.90. The molecule has 0 saturated carbocycles. The van der Waals surface area contributed by atoms with Crippen LogP contribution in [0.15, 0.2) is 59.2 Å². The van der Waals surface area contributed by atoms with Crippen molar-refractivity contribution >= 4 is 11.6 Å². The lowest BCUT2D eigenvalue weighted by Crippen LogP contribution is -2.20. The lowest BCUT2D eigenvalue weighted by molar-refractivity contribution is 0.0973. The van der Waals surface area contributed by atoms with E-state index in [2.05, 4.69) is 52.8 Å². The monoisotopic (exact) mass is 448 g/mol. The zero-order chi connectivity index (χ0) is 24.4. The highest BCUT2D eigenvalue weighted by atomic mass is 16.1. The summed E-state index contributed by atoms with van der Waals surface area (Å²) >= 11 is 0. The van der Waals surface area contributed by atoms with E-state index in [4.69, 9.17) is 0 Å². The van der Waals surface area contributed by atoms with Gasteiger partial charge < -0.3 is 0 Å². The maximum absolute atomic E-state index is 12.9. The molecule has 0 aliphatic heterocycles. The second-order valence-corrected chi connectivity index (χ2v) is 10.6. The Balaban J connectivity index is 1.77. The molecule has 0 spiro atoms. The third kappa shape index (κ3) is 8.57. The summed E-state index contributed by atoms with van der Waals surface area (Å²) in [4.78, 5) is 25.5. The molecule has 1 aromatic carbocycles. The van der Waals surface area contributed by atoms with E-state index >= 15 is 0 Å². The minimum Gasteiger partial charge on any atom is -0.289 e. The molecule has 0 bridgehead atoms. The highest BCUT2D eigenvalue weighted by Crippen LogP contribution is 2.28. The van der Waals surface area contributed by atoms with Crippen molar-refractivity contribution in [3.8, 4) is 0 Å². The van der Waals surface area contributed by atoms with Gasteiger partial charge in [-0.15, -0.1) is 0 Å². The number of Topliss-reactive ketones (excluding diaryl/α,β-unsaturated/α-hetero) is 2. The van der Waals surface area contributed by atoms with Crippen molar-refractivity contribution in [2.24, 2.45) is 17.8 Å². The van der Waals surface area contributed by atoms with E-state index in [9.17, 15) is 9.59 Å². The van der Waals surface area contributed by atoms with E-state index in [1.807, 2.05) is 12.1 Å². The summed E-state index contributed by atoms with van der Waals surface area (Å²) < 4.78 is 0. The van der Waals surface area contributed by atoms with Gasteiger partial charge in [0.1, 0.15) is 0 Å². The van der Waals surface area contributed by atoms with Gasteiger partial charge in [0, 0.05) is 22.3 Å². The molecule has 0 heterocycles. The second-order valence-electron chi connectivity index (χ2n) is 10.6. The average molecular weight is 449 g/mol. The van der Waals surface area contributed by atoms with Crippen molar-refractivity contribution in [3.63, 3.8) is 0 Å². The van der Waals surface area contributed by atoms with E-state index < -0.39 is 0 Å². The van der Waals surface area contributed by atoms with Crippen LogP contribution in [0, 0.1) is 17.8 Å². The third-order valence-electron chi connectivity index (χ3n) is 6.90. The molecule has 0 fully saturated rings. The molecule has 0 unspecified atom stereocenters. The summed E-state index contributed by atoms with van der Waals surface area (Å²) in [7, 11) is 0. The number of hydrogen-bond acceptors (Lipinski definition) is 2. The first-order valence-electron chi connectivity index (χ1n) is 12.9. The molecule has 0 saturated heterocycles. The highest BCUT2D eigenvalue weighted by Gasteiger charge is 2.28. The zero-order valence-electron chi connectivity index (χ0n) is 21.7. The average Bonchev–Trinajstić information content (AvgIpc) is 2.77. The van der Waals surface area contributed by atoms with Crippen LogP contribution in [-0.4, -0.2) is 11.6 Å². The van der Waals surface area contributed by atoms with Gasteiger partial charge in [-0.25, -0.2) is 0 Å². The van der Waals surface area contributed by atoms with Crippen LogP contribution in [0.25, 0.3) is 0 Å². The molecular formula is C31H44O2. The molecule has 180 valence electrons. The Bertz CT molecular complexity index is 897. The van der Waals surface area contributed by atoms with Crippen LogP contribution in [-0.2, 0) is 0 Å². The SMILES string of the molecule is CC1=C(C/C=C(C)/C=C/C[C@H](C)CCC[C@H](C)CCCC(C)C)C(=O)c2ccccc2C1=O. The van der Waals surface area contributed by atoms with Crippen molar-refractivity contribution in [1.82, 2.24) is 0 Å². The van der Waals surface area contributed by atoms with Crippen LogP contribution in [0.4, 0.5) is 0 Å². The number of rotatable bonds is 13. The van der Waals surface area contributed by atoms with Gasteiger partial charge in [0.05, 0.1) is 0 Å². The highest BCUT2D eigenvalue weighted by molar-refractivity contribution is 6.26. The molecule has 2 heteroatoms. The maximum atomic E-state index is 12.9. The number of hydrogen-bond donors (Lipinski definition) is 0. The Morgan fingerprint density at radius 1 is 0.848 bits per heavy atom. The van der Waals surface area contributed by atoms with Crippen molar-refractivity contribution in [1.29, 1.82) is 0 Å². The van der Waals surface area contributed by atoms with Crippen molar-refractivity contribution in [3.05, 3.63) is 70.3 Å². The Kier molecular flexibility index (Phi) is 11.0. The molecule has 2 nitrogen and oxygen atoms in total. The second kappa shape index (κ2) is 13.5. The number of carbonyl (C=O) groups excluding carboxylic acids is 2. The lowest BCUT2D eigenvalue weighted by atomic mass is 9.83. The van der Waals surface area contributed by atoms with Gasteiger partial charge in [0.15, 0.2) is 11.6 Å². The maximum Gasteiger partial charge on any atom is 0.190 e. The van der Waals surface area contributed by atoms with Gasteiger partial charge >= 0.3 is 0 Å². The number of carbonyl (C=O) groups is 2. The van der Waals surface area contributed by atoms with Gasteiger partial charge in [-0.05, 0) is 44.4 Å². The van der Waals surface area contributed by atoms with Crippen LogP contribution in [0.3, 0.4) is 0 Å². The molecule has 0 N–H and O–H groups in total. The summed E-state index contributed by atoms with van der Waals surface area (Å²) in [5, 5.41) is 0. The Morgan fingerprint density at radius 2 is 1.42 bits per heavy atom. The number of allylic oxidation sites excluding steroid dienone is 6. The van der Waals surface area contributed by atoms with Crippen LogP contribution in [0.5, 0.6) is 0 Å². The molecule has 2 atom stereocenters. The van der Waals surface area contributed by atoms with Gasteiger partial charge in [0.2, 0.25) is 0 Å². The fourth-order valence-corrected chi connectivity index (χ4v) is 4.57. The quantitative estimate of drug-likeness (QED) is 0.282. The molecule has 1 aliphatic rings. The molecule has 0 amide bonds. The summed E-state index contributed by atoms with van der Waals surface area (Å²) in [5.74, 6) is 2.32. The van der Waals surface area contributed by atoms with Crippen LogP contribution in [0.2, 0.25) is 0 Å². The fourth-order valence-electron chi connectivity index (χ4n) is 4.57. The lowest BCUT2D eigenvalue weighted by Gasteiger charge is -2.18. The first-order valence-corrected chi connectivity index (χ1v) is 12.9. The largest absolute Gasteiger partial charge is 0.289 e. The van der Waals surface area contributed by atoms with Crippen LogP contribution >= 0.6 is 0 Å². The predicted octanol–water partition coefficient (Wildman–Crippen LogP) is 8.93. The smallest absolute Gasteiger partial charge is 0.190 e. The standard InChI is InChI=1S/C31H44O2/c1-22(2)12-9-13-23(3)14-10-15-24(4)16-11-17-25(5)20-21-27-26(6)30(32)28-18-7-8-19-29(28)31(27)33/h7-8,11,17-20,22-24H,9-10,12-16,21H2,1-6H3/b17-11+,25-20+/t23-,24-/m1/s1. The van der Waals surface area contributed by atoms with E-state index in [1.54, 1.807) is 19.1 Å². The van der Waals surface area contributed by atoms with Crippen LogP contribution in [0.1, 0.15) is 114 Å². The first-order chi connectivity index (χ1) is 15.7. The minimum atomic E-state index is -0.0233. The molecule has 0 aromatic heterocycles. The van der Waals surface area contributed by atoms with Crippen molar-refractivity contribution in [2.45, 2.75) is 92.9 Å². The Morgan fingerprint density at radius 3 is 2.06 bits per heavy atom. The first kappa shape index (κ1) is 27.0. The van der Waals surface area contributed by atoms with E-state index in [-0.39, 0.29) is 11.6 Å². The van der Waals surface area contributed by atoms with Crippen molar-refractivity contribution in [2.75, 3.05) is 0 Å². The Hall–Kier alpha value is -2.22. The normalized spacial score (nSPS) is 16.6. The molecule has 1 aromatic rings. The topological polar surface area (TPSA) is 34.1 Å². The van der Waals surface area contributed by atoms with Crippen molar-refractivity contribution < 1.29 is 9.59 Å². The van der Waals surface area contributed by atoms with E-state index in [0.717, 1.165) is 23.8 Å². The number of fused-ring (bicyclic) bond motifs is 1. The summed E-state index contributed by atoms with van der Waals surface area (Å²) in [6.45, 7) is 13.2. The Labute approximate surface area is 202 Å². The predicted molar refractivity (Wildman–Crippen MR) is 141 cm³/mol. The van der Waals surface area contributed by atoms with Gasteiger partial charge in [-0.3, -0.25) is 9.59 Å². The van der Waals surface area contributed by atoms with Crippen LogP contribution < -0.4 is 0 Å². The summed E-state index contributed by atoms with van der Waals surface area (Å²) in [6.07, 6.45) is 16.1. The summed E-state index contributed by atoms with van der Waals surface area (Å²) in [5.41, 5.74) is 3.41. The molecule has 0 radical (unpaired) electrons. The number of ketones is 2. The van der Waals surface area contributed by atoms with Gasteiger partial charge in [0.25, 0.3) is 0 Å². The molecule has 33 heavy (non-hydrogen) atoms. The molecule has 2 rings (SSSR count). The summed E-state index contributed by atoms with van der Waals surface area (Å²) in [6, 6.07) is 7.13. The molecular weight excluding hydrogens is 404 g/mol. The fraction of sp³-hybridized carbons (Fsp3) is 0.548. The number of benzene rings is 1. The van der Waals surface area contributed by atoms with Gasteiger partial charge in [-0.1, -0.05) is 114 Å². The zero-order valence-corrected chi connectivity index (χ0v) is 21.7. The molecule has 1 aliphatic carbocycles. The van der Waals surface area contributed by atoms with E-state index in [1.165, 1.54) is 38.5 Å². The van der Waals surface area contributed by atoms with Gasteiger partial charge in [-0.2, -0.15) is 0 Å².